The summed E-state index contributed by atoms with van der Waals surface area (Å²) in [6.45, 7) is 11.6. The van der Waals surface area contributed by atoms with E-state index < -0.39 is 11.9 Å². The first kappa shape index (κ1) is 19.9. The zero-order valence-corrected chi connectivity index (χ0v) is 14.3. The van der Waals surface area contributed by atoms with Crippen LogP contribution in [0.5, 0.6) is 5.88 Å². The van der Waals surface area contributed by atoms with Crippen molar-refractivity contribution >= 4 is 11.9 Å². The minimum absolute atomic E-state index is 0.00577. The van der Waals surface area contributed by atoms with E-state index in [9.17, 15) is 0 Å². The molecular formula is C15H25N3O6. The molecule has 1 aliphatic rings. The van der Waals surface area contributed by atoms with Crippen molar-refractivity contribution in [2.75, 3.05) is 39.5 Å². The summed E-state index contributed by atoms with van der Waals surface area (Å²) in [6, 6.07) is 1.92. The van der Waals surface area contributed by atoms with Crippen LogP contribution in [0.1, 0.15) is 20.8 Å². The lowest BCUT2D eigenvalue weighted by Crippen LogP contribution is -2.38. The zero-order chi connectivity index (χ0) is 18.2. The first-order valence-electron chi connectivity index (χ1n) is 7.65. The number of carboxylic acid groups (broad SMARTS) is 2. The summed E-state index contributed by atoms with van der Waals surface area (Å²) in [7, 11) is 0. The van der Waals surface area contributed by atoms with Crippen LogP contribution in [0, 0.1) is 0 Å². The summed E-state index contributed by atoms with van der Waals surface area (Å²) in [4.78, 5) is 20.6. The summed E-state index contributed by atoms with van der Waals surface area (Å²) in [5.74, 6) is -2.94. The number of aromatic nitrogens is 2. The van der Waals surface area contributed by atoms with Gasteiger partial charge < -0.3 is 19.7 Å². The monoisotopic (exact) mass is 343 g/mol. The van der Waals surface area contributed by atoms with Crippen LogP contribution in [-0.4, -0.2) is 76.3 Å². The number of nitrogens with zero attached hydrogens (tertiary/aromatic N) is 3. The molecule has 0 saturated carbocycles. The summed E-state index contributed by atoms with van der Waals surface area (Å²) in [5, 5.41) is 19.2. The molecule has 1 fully saturated rings. The van der Waals surface area contributed by atoms with E-state index in [1.54, 1.807) is 0 Å². The molecule has 0 atom stereocenters. The topological polar surface area (TPSA) is 114 Å². The van der Waals surface area contributed by atoms with E-state index in [0.29, 0.717) is 12.5 Å². The SMILES string of the molecule is CC(C)(C)n1ccc(OCCN2CCOCC2)n1.O=C(O)C(=O)O. The lowest BCUT2D eigenvalue weighted by Gasteiger charge is -2.26. The Kier molecular flexibility index (Phi) is 7.66. The third-order valence-electron chi connectivity index (χ3n) is 3.20. The van der Waals surface area contributed by atoms with Gasteiger partial charge in [-0.1, -0.05) is 0 Å². The average Bonchev–Trinajstić information content (AvgIpc) is 2.98. The number of carboxylic acids is 2. The molecule has 0 aromatic carbocycles. The van der Waals surface area contributed by atoms with Gasteiger partial charge in [0.1, 0.15) is 6.61 Å². The molecule has 0 unspecified atom stereocenters. The predicted octanol–water partition coefficient (Wildman–Crippen LogP) is 0.505. The van der Waals surface area contributed by atoms with Crippen molar-refractivity contribution in [1.29, 1.82) is 0 Å². The van der Waals surface area contributed by atoms with Gasteiger partial charge in [0.2, 0.25) is 5.88 Å². The Labute approximate surface area is 140 Å². The van der Waals surface area contributed by atoms with E-state index in [4.69, 9.17) is 29.3 Å². The van der Waals surface area contributed by atoms with Gasteiger partial charge in [-0.15, -0.1) is 5.10 Å². The maximum Gasteiger partial charge on any atom is 0.414 e. The molecule has 0 radical (unpaired) electrons. The summed E-state index contributed by atoms with van der Waals surface area (Å²) >= 11 is 0. The minimum atomic E-state index is -1.82. The van der Waals surface area contributed by atoms with Crippen LogP contribution in [-0.2, 0) is 19.9 Å². The van der Waals surface area contributed by atoms with Crippen molar-refractivity contribution in [3.8, 4) is 5.88 Å². The zero-order valence-electron chi connectivity index (χ0n) is 14.3. The van der Waals surface area contributed by atoms with Crippen LogP contribution in [0.25, 0.3) is 0 Å². The largest absolute Gasteiger partial charge is 0.475 e. The molecule has 9 nitrogen and oxygen atoms in total. The van der Waals surface area contributed by atoms with E-state index in [-0.39, 0.29) is 5.54 Å². The molecule has 0 spiro atoms. The second-order valence-electron chi connectivity index (χ2n) is 6.18. The quantitative estimate of drug-likeness (QED) is 0.760. The molecule has 0 amide bonds. The van der Waals surface area contributed by atoms with Crippen LogP contribution >= 0.6 is 0 Å². The second-order valence-corrected chi connectivity index (χ2v) is 6.18. The summed E-state index contributed by atoms with van der Waals surface area (Å²) in [6.07, 6.45) is 1.96. The first-order chi connectivity index (χ1) is 11.2. The lowest BCUT2D eigenvalue weighted by atomic mass is 10.1. The van der Waals surface area contributed by atoms with E-state index in [1.165, 1.54) is 0 Å². The summed E-state index contributed by atoms with van der Waals surface area (Å²) in [5.41, 5.74) is 0.00577. The van der Waals surface area contributed by atoms with Crippen LogP contribution in [0.3, 0.4) is 0 Å². The Morgan fingerprint density at radius 1 is 1.25 bits per heavy atom. The number of aliphatic carboxylic acids is 2. The predicted molar refractivity (Wildman–Crippen MR) is 85.2 cm³/mol. The molecule has 2 heterocycles. The molecule has 136 valence electrons. The van der Waals surface area contributed by atoms with Gasteiger partial charge in [0.25, 0.3) is 0 Å². The summed E-state index contributed by atoms with van der Waals surface area (Å²) < 4.78 is 12.9. The average molecular weight is 343 g/mol. The fourth-order valence-electron chi connectivity index (χ4n) is 1.86. The van der Waals surface area contributed by atoms with Gasteiger partial charge in [0, 0.05) is 31.9 Å². The smallest absolute Gasteiger partial charge is 0.414 e. The highest BCUT2D eigenvalue weighted by Gasteiger charge is 2.15. The van der Waals surface area contributed by atoms with Crippen molar-refractivity contribution in [2.24, 2.45) is 0 Å². The second kappa shape index (κ2) is 9.24. The molecule has 1 aromatic rings. The molecule has 0 bridgehead atoms. The van der Waals surface area contributed by atoms with Crippen molar-refractivity contribution in [1.82, 2.24) is 14.7 Å². The Hall–Kier alpha value is -2.13. The van der Waals surface area contributed by atoms with Crippen LogP contribution in [0.15, 0.2) is 12.3 Å². The van der Waals surface area contributed by atoms with Crippen molar-refractivity contribution in [2.45, 2.75) is 26.3 Å². The number of ether oxygens (including phenoxy) is 2. The highest BCUT2D eigenvalue weighted by Crippen LogP contribution is 2.15. The normalized spacial score (nSPS) is 15.3. The van der Waals surface area contributed by atoms with Crippen LogP contribution < -0.4 is 4.74 Å². The van der Waals surface area contributed by atoms with Gasteiger partial charge >= 0.3 is 11.9 Å². The Morgan fingerprint density at radius 3 is 2.29 bits per heavy atom. The molecule has 9 heteroatoms. The van der Waals surface area contributed by atoms with Crippen molar-refractivity contribution in [3.05, 3.63) is 12.3 Å². The molecule has 2 rings (SSSR count). The molecule has 2 N–H and O–H groups in total. The highest BCUT2D eigenvalue weighted by molar-refractivity contribution is 6.27. The Morgan fingerprint density at radius 2 is 1.83 bits per heavy atom. The fraction of sp³-hybridized carbons (Fsp3) is 0.667. The highest BCUT2D eigenvalue weighted by atomic mass is 16.5. The van der Waals surface area contributed by atoms with Gasteiger partial charge in [0.15, 0.2) is 0 Å². The van der Waals surface area contributed by atoms with Gasteiger partial charge in [-0.05, 0) is 20.8 Å². The van der Waals surface area contributed by atoms with Crippen molar-refractivity contribution < 1.29 is 29.3 Å². The van der Waals surface area contributed by atoms with Gasteiger partial charge in [-0.3, -0.25) is 9.58 Å². The van der Waals surface area contributed by atoms with Crippen LogP contribution in [0.4, 0.5) is 0 Å². The Balaban J connectivity index is 0.000000413. The number of rotatable bonds is 4. The van der Waals surface area contributed by atoms with E-state index in [1.807, 2.05) is 16.9 Å². The molecule has 1 aromatic heterocycles. The van der Waals surface area contributed by atoms with Crippen molar-refractivity contribution in [3.63, 3.8) is 0 Å². The maximum atomic E-state index is 9.10. The molecule has 1 saturated heterocycles. The molecule has 24 heavy (non-hydrogen) atoms. The standard InChI is InChI=1S/C13H23N3O2.C2H2O4/c1-13(2,3)16-5-4-12(14-16)18-11-8-15-6-9-17-10-7-15;3-1(4)2(5)6/h4-5H,6-11H2,1-3H3;(H,3,4)(H,5,6). The lowest BCUT2D eigenvalue weighted by molar-refractivity contribution is -0.159. The number of hydrogen-bond acceptors (Lipinski definition) is 6. The maximum absolute atomic E-state index is 9.10. The van der Waals surface area contributed by atoms with Gasteiger partial charge in [-0.2, -0.15) is 0 Å². The molecule has 1 aliphatic heterocycles. The Bertz CT molecular complexity index is 520. The van der Waals surface area contributed by atoms with Crippen LogP contribution in [0.2, 0.25) is 0 Å². The van der Waals surface area contributed by atoms with Gasteiger partial charge in [-0.25, -0.2) is 9.59 Å². The molecular weight excluding hydrogens is 318 g/mol. The number of hydrogen-bond donors (Lipinski definition) is 2. The third-order valence-corrected chi connectivity index (χ3v) is 3.20. The number of carbonyl (C=O) groups is 2. The van der Waals surface area contributed by atoms with E-state index >= 15 is 0 Å². The number of morpholine rings is 1. The minimum Gasteiger partial charge on any atom is -0.475 e. The fourth-order valence-corrected chi connectivity index (χ4v) is 1.86. The third kappa shape index (κ3) is 7.42. The van der Waals surface area contributed by atoms with E-state index in [0.717, 1.165) is 32.8 Å². The van der Waals surface area contributed by atoms with Gasteiger partial charge in [0.05, 0.1) is 18.8 Å². The molecule has 0 aliphatic carbocycles. The van der Waals surface area contributed by atoms with E-state index in [2.05, 4.69) is 30.8 Å². The first-order valence-corrected chi connectivity index (χ1v) is 7.65.